The van der Waals surface area contributed by atoms with Crippen molar-refractivity contribution in [2.75, 3.05) is 0 Å². The number of nitrogens with two attached hydrogens (primary N) is 1. The predicted octanol–water partition coefficient (Wildman–Crippen LogP) is 1.88. The van der Waals surface area contributed by atoms with Crippen molar-refractivity contribution in [3.8, 4) is 0 Å². The van der Waals surface area contributed by atoms with E-state index in [1.165, 1.54) is 0 Å². The van der Waals surface area contributed by atoms with Crippen LogP contribution >= 0.6 is 0 Å². The average molecular weight is 317 g/mol. The van der Waals surface area contributed by atoms with Gasteiger partial charge in [-0.05, 0) is 31.0 Å². The van der Waals surface area contributed by atoms with E-state index in [1.807, 2.05) is 0 Å². The topological polar surface area (TPSA) is 96.0 Å². The van der Waals surface area contributed by atoms with E-state index in [2.05, 4.69) is 4.72 Å². The number of nitrogens with one attached hydrogen (secondary N) is 2. The zero-order valence-electron chi connectivity index (χ0n) is 11.3. The Bertz CT molecular complexity index is 655. The van der Waals surface area contributed by atoms with Gasteiger partial charge < -0.3 is 5.73 Å². The fourth-order valence-electron chi connectivity index (χ4n) is 2.54. The molecule has 2 rings (SSSR count). The van der Waals surface area contributed by atoms with Crippen LogP contribution in [0.4, 0.5) is 8.78 Å². The lowest BCUT2D eigenvalue weighted by Crippen LogP contribution is -2.57. The van der Waals surface area contributed by atoms with E-state index in [9.17, 15) is 17.2 Å². The molecule has 1 aromatic rings. The molecule has 5 nitrogen and oxygen atoms in total. The summed E-state index contributed by atoms with van der Waals surface area (Å²) in [6.45, 7) is 0. The first kappa shape index (κ1) is 15.8. The Balaban J connectivity index is 2.34. The predicted molar refractivity (Wildman–Crippen MR) is 74.4 cm³/mol. The number of sulfonamides is 1. The molecule has 1 saturated carbocycles. The molecule has 0 spiro atoms. The Kier molecular flexibility index (Phi) is 4.29. The largest absolute Gasteiger partial charge is 0.386 e. The third-order valence-corrected chi connectivity index (χ3v) is 5.29. The van der Waals surface area contributed by atoms with Gasteiger partial charge in [-0.25, -0.2) is 17.2 Å². The second-order valence-electron chi connectivity index (χ2n) is 5.24. The minimum atomic E-state index is -4.08. The molecule has 0 saturated heterocycles. The van der Waals surface area contributed by atoms with Crippen LogP contribution < -0.4 is 10.5 Å². The second-order valence-corrected chi connectivity index (χ2v) is 6.92. The van der Waals surface area contributed by atoms with Crippen molar-refractivity contribution in [1.29, 1.82) is 5.41 Å². The molecule has 0 aliphatic heterocycles. The molecule has 1 fully saturated rings. The van der Waals surface area contributed by atoms with E-state index in [4.69, 9.17) is 11.1 Å². The third-order valence-electron chi connectivity index (χ3n) is 3.75. The van der Waals surface area contributed by atoms with Crippen LogP contribution in [-0.4, -0.2) is 19.8 Å². The van der Waals surface area contributed by atoms with Crippen molar-refractivity contribution in [2.45, 2.75) is 42.5 Å². The zero-order valence-corrected chi connectivity index (χ0v) is 12.1. The van der Waals surface area contributed by atoms with E-state index < -0.39 is 27.2 Å². The number of amidine groups is 1. The van der Waals surface area contributed by atoms with Crippen LogP contribution in [0.2, 0.25) is 0 Å². The molecular weight excluding hydrogens is 300 g/mol. The Morgan fingerprint density at radius 1 is 1.19 bits per heavy atom. The van der Waals surface area contributed by atoms with Gasteiger partial charge in [-0.15, -0.1) is 0 Å². The Morgan fingerprint density at radius 3 is 2.33 bits per heavy atom. The smallest absolute Gasteiger partial charge is 0.241 e. The molecule has 0 radical (unpaired) electrons. The monoisotopic (exact) mass is 317 g/mol. The number of hydrogen-bond donors (Lipinski definition) is 3. The van der Waals surface area contributed by atoms with Gasteiger partial charge in [0.1, 0.15) is 5.84 Å². The second kappa shape index (κ2) is 5.69. The van der Waals surface area contributed by atoms with Crippen LogP contribution in [0.25, 0.3) is 0 Å². The van der Waals surface area contributed by atoms with Crippen LogP contribution in [0.15, 0.2) is 23.1 Å². The van der Waals surface area contributed by atoms with Crippen molar-refractivity contribution >= 4 is 15.9 Å². The maximum atomic E-state index is 13.2. The summed E-state index contributed by atoms with van der Waals surface area (Å²) in [7, 11) is -4.08. The number of halogens is 2. The number of rotatable bonds is 4. The molecule has 0 unspecified atom stereocenters. The first-order chi connectivity index (χ1) is 9.77. The van der Waals surface area contributed by atoms with E-state index in [-0.39, 0.29) is 10.7 Å². The fraction of sp³-hybridized carbons (Fsp3) is 0.462. The quantitative estimate of drug-likeness (QED) is 0.584. The first-order valence-electron chi connectivity index (χ1n) is 6.60. The maximum absolute atomic E-state index is 13.2. The zero-order chi connectivity index (χ0) is 15.7. The Morgan fingerprint density at radius 2 is 1.81 bits per heavy atom. The minimum Gasteiger partial charge on any atom is -0.386 e. The van der Waals surface area contributed by atoms with E-state index in [0.29, 0.717) is 18.9 Å². The van der Waals surface area contributed by atoms with Crippen LogP contribution in [0, 0.1) is 17.0 Å². The molecule has 4 N–H and O–H groups in total. The van der Waals surface area contributed by atoms with Crippen molar-refractivity contribution in [3.05, 3.63) is 29.8 Å². The highest BCUT2D eigenvalue weighted by atomic mass is 32.2. The maximum Gasteiger partial charge on any atom is 0.241 e. The van der Waals surface area contributed by atoms with Crippen molar-refractivity contribution in [2.24, 2.45) is 5.73 Å². The molecule has 1 aliphatic rings. The lowest BCUT2D eigenvalue weighted by Gasteiger charge is -2.36. The molecule has 1 aromatic carbocycles. The van der Waals surface area contributed by atoms with Gasteiger partial charge >= 0.3 is 0 Å². The summed E-state index contributed by atoms with van der Waals surface area (Å²) in [5.41, 5.74) is 4.43. The minimum absolute atomic E-state index is 0.256. The lowest BCUT2D eigenvalue weighted by molar-refractivity contribution is 0.348. The van der Waals surface area contributed by atoms with E-state index >= 15 is 0 Å². The standard InChI is InChI=1S/C13H17F2N3O2S/c14-10-5-4-9(8-11(10)15)21(19,20)18-13(12(16)17)6-2-1-3-7-13/h4-5,8,18H,1-3,6-7H2,(H3,16,17). The van der Waals surface area contributed by atoms with Crippen LogP contribution in [-0.2, 0) is 10.0 Å². The third kappa shape index (κ3) is 3.21. The van der Waals surface area contributed by atoms with Crippen LogP contribution in [0.3, 0.4) is 0 Å². The Labute approximate surface area is 122 Å². The SMILES string of the molecule is N=C(N)C1(NS(=O)(=O)c2ccc(F)c(F)c2)CCCCC1. The highest BCUT2D eigenvalue weighted by Gasteiger charge is 2.39. The normalized spacial score (nSPS) is 18.4. The van der Waals surface area contributed by atoms with Gasteiger partial charge in [0.05, 0.1) is 10.4 Å². The molecule has 0 heterocycles. The molecular formula is C13H17F2N3O2S. The van der Waals surface area contributed by atoms with E-state index in [0.717, 1.165) is 31.4 Å². The molecule has 8 heteroatoms. The highest BCUT2D eigenvalue weighted by Crippen LogP contribution is 2.30. The van der Waals surface area contributed by atoms with Gasteiger partial charge in [-0.2, -0.15) is 4.72 Å². The summed E-state index contributed by atoms with van der Waals surface area (Å²) >= 11 is 0. The fourth-order valence-corrected chi connectivity index (χ4v) is 3.99. The van der Waals surface area contributed by atoms with Crippen molar-refractivity contribution in [3.63, 3.8) is 0 Å². The van der Waals surface area contributed by atoms with Gasteiger partial charge in [0.25, 0.3) is 0 Å². The molecule has 21 heavy (non-hydrogen) atoms. The van der Waals surface area contributed by atoms with Crippen molar-refractivity contribution in [1.82, 2.24) is 4.72 Å². The first-order valence-corrected chi connectivity index (χ1v) is 8.09. The summed E-state index contributed by atoms with van der Waals surface area (Å²) < 4.78 is 53.2. The summed E-state index contributed by atoms with van der Waals surface area (Å²) in [6.07, 6.45) is 3.29. The van der Waals surface area contributed by atoms with Gasteiger partial charge in [0.2, 0.25) is 10.0 Å². The summed E-state index contributed by atoms with van der Waals surface area (Å²) in [6, 6.07) is 2.36. The summed E-state index contributed by atoms with van der Waals surface area (Å²) in [4.78, 5) is -0.382. The molecule has 0 atom stereocenters. The van der Waals surface area contributed by atoms with Gasteiger partial charge in [-0.1, -0.05) is 19.3 Å². The van der Waals surface area contributed by atoms with E-state index in [1.54, 1.807) is 0 Å². The number of benzene rings is 1. The number of hydrogen-bond acceptors (Lipinski definition) is 3. The average Bonchev–Trinajstić information content (AvgIpc) is 2.42. The van der Waals surface area contributed by atoms with Crippen LogP contribution in [0.1, 0.15) is 32.1 Å². The highest BCUT2D eigenvalue weighted by molar-refractivity contribution is 7.89. The summed E-state index contributed by atoms with van der Waals surface area (Å²) in [5, 5.41) is 7.67. The molecule has 0 amide bonds. The van der Waals surface area contributed by atoms with Gasteiger partial charge in [0, 0.05) is 0 Å². The summed E-state index contributed by atoms with van der Waals surface area (Å²) in [5.74, 6) is -2.61. The Hall–Kier alpha value is -1.54. The van der Waals surface area contributed by atoms with Gasteiger partial charge in [0.15, 0.2) is 11.6 Å². The van der Waals surface area contributed by atoms with Crippen molar-refractivity contribution < 1.29 is 17.2 Å². The lowest BCUT2D eigenvalue weighted by atomic mass is 9.82. The molecule has 0 bridgehead atoms. The molecule has 1 aliphatic carbocycles. The molecule has 116 valence electrons. The molecule has 0 aromatic heterocycles. The van der Waals surface area contributed by atoms with Gasteiger partial charge in [-0.3, -0.25) is 5.41 Å². The van der Waals surface area contributed by atoms with Crippen LogP contribution in [0.5, 0.6) is 0 Å².